The lowest BCUT2D eigenvalue weighted by molar-refractivity contribution is 0.0356. The SMILES string of the molecule is CC(C)(C)N(NC(=O)c1ccc(Cl)cc1)C(=O)c1ccccc1.CCc1ccc(C(=O)NN(C(=O)c2cc(C)cc(C)c2)C(C)(C)C)cc1.COc1cccc(C(=O)NN(C(=O)c2cc(C)cc(C)c2)C(C)(C)C)c1C.Cc1cc(C)cc(C(=O)N(NC(=O)c2ccc3c(c2C)CCCO3)C(C)(C)C)c1. The van der Waals surface area contributed by atoms with E-state index in [1.54, 1.807) is 92.0 Å². The van der Waals surface area contributed by atoms with Gasteiger partial charge in [0.05, 0.1) is 35.9 Å². The van der Waals surface area contributed by atoms with Gasteiger partial charge in [-0.05, 0) is 284 Å². The number of hydrogen-bond acceptors (Lipinski definition) is 10. The van der Waals surface area contributed by atoms with E-state index < -0.39 is 22.2 Å². The van der Waals surface area contributed by atoms with Crippen LogP contribution in [0, 0.1) is 55.4 Å². The average Bonchev–Trinajstić information content (AvgIpc) is 0.808. The Morgan fingerprint density at radius 1 is 0.400 bits per heavy atom. The van der Waals surface area contributed by atoms with Crippen LogP contribution in [0.4, 0.5) is 0 Å². The number of carbonyl (C=O) groups excluding carboxylic acids is 8. The summed E-state index contributed by atoms with van der Waals surface area (Å²) >= 11 is 5.83. The molecule has 1 aliphatic rings. The van der Waals surface area contributed by atoms with Crippen LogP contribution in [0.5, 0.6) is 11.5 Å². The van der Waals surface area contributed by atoms with Crippen LogP contribution in [0.1, 0.15) is 235 Å². The fourth-order valence-corrected chi connectivity index (χ4v) is 11.7. The highest BCUT2D eigenvalue weighted by molar-refractivity contribution is 6.30. The number of halogens is 1. The molecule has 0 aliphatic carbocycles. The van der Waals surface area contributed by atoms with Crippen LogP contribution in [-0.2, 0) is 12.8 Å². The summed E-state index contributed by atoms with van der Waals surface area (Å²) in [6, 6.07) is 48.8. The number of aryl methyl sites for hydroxylation is 7. The second-order valence-electron chi connectivity index (χ2n) is 30.4. The molecule has 8 aromatic carbocycles. The second kappa shape index (κ2) is 35.7. The number of benzene rings is 8. The van der Waals surface area contributed by atoms with E-state index >= 15 is 0 Å². The molecule has 0 atom stereocenters. The number of ether oxygens (including phenoxy) is 2. The smallest absolute Gasteiger partial charge is 0.272 e. The van der Waals surface area contributed by atoms with Crippen LogP contribution in [0.3, 0.4) is 0 Å². The lowest BCUT2D eigenvalue weighted by atomic mass is 9.96. The van der Waals surface area contributed by atoms with Crippen molar-refractivity contribution in [1.82, 2.24) is 41.7 Å². The van der Waals surface area contributed by atoms with E-state index in [4.69, 9.17) is 21.1 Å². The topological polar surface area (TPSA) is 216 Å². The summed E-state index contributed by atoms with van der Waals surface area (Å²) < 4.78 is 11.0. The lowest BCUT2D eigenvalue weighted by Gasteiger charge is -2.36. The van der Waals surface area contributed by atoms with Gasteiger partial charge in [0, 0.05) is 55.1 Å². The molecule has 556 valence electrons. The molecule has 9 rings (SSSR count). The van der Waals surface area contributed by atoms with Crippen molar-refractivity contribution in [2.24, 2.45) is 0 Å². The van der Waals surface area contributed by atoms with Crippen molar-refractivity contribution >= 4 is 58.9 Å². The van der Waals surface area contributed by atoms with E-state index in [2.05, 4.69) is 28.6 Å². The molecular weight excluding hydrogens is 1340 g/mol. The highest BCUT2D eigenvalue weighted by atomic mass is 35.5. The zero-order valence-corrected chi connectivity index (χ0v) is 65.9. The van der Waals surface area contributed by atoms with Crippen LogP contribution in [-0.4, -0.2) is 103 Å². The quantitative estimate of drug-likeness (QED) is 0.0950. The number of nitrogens with zero attached hydrogens (tertiary/aromatic N) is 4. The van der Waals surface area contributed by atoms with Crippen molar-refractivity contribution < 1.29 is 47.8 Å². The monoisotopic (exact) mass is 1440 g/mol. The molecule has 0 unspecified atom stereocenters. The van der Waals surface area contributed by atoms with E-state index in [1.165, 1.54) is 25.6 Å². The van der Waals surface area contributed by atoms with Gasteiger partial charge in [0.15, 0.2) is 0 Å². The van der Waals surface area contributed by atoms with Crippen molar-refractivity contribution in [2.75, 3.05) is 13.7 Å². The van der Waals surface area contributed by atoms with Gasteiger partial charge in [0.25, 0.3) is 47.3 Å². The van der Waals surface area contributed by atoms with E-state index in [9.17, 15) is 38.4 Å². The highest BCUT2D eigenvalue weighted by Gasteiger charge is 2.35. The summed E-state index contributed by atoms with van der Waals surface area (Å²) in [4.78, 5) is 103. The first-order chi connectivity index (χ1) is 49.0. The molecule has 0 saturated carbocycles. The van der Waals surface area contributed by atoms with Gasteiger partial charge in [-0.15, -0.1) is 0 Å². The number of hydrazine groups is 4. The molecule has 19 heteroatoms. The Bertz CT molecular complexity index is 4390. The molecule has 105 heavy (non-hydrogen) atoms. The number of fused-ring (bicyclic) bond motifs is 1. The number of methoxy groups -OCH3 is 1. The molecule has 1 aliphatic heterocycles. The summed E-state index contributed by atoms with van der Waals surface area (Å²) in [5, 5.41) is 6.13. The summed E-state index contributed by atoms with van der Waals surface area (Å²) in [7, 11) is 1.56. The van der Waals surface area contributed by atoms with Crippen molar-refractivity contribution in [1.29, 1.82) is 0 Å². The first-order valence-electron chi connectivity index (χ1n) is 35.2. The van der Waals surface area contributed by atoms with Crippen molar-refractivity contribution in [3.63, 3.8) is 0 Å². The minimum atomic E-state index is -0.600. The summed E-state index contributed by atoms with van der Waals surface area (Å²) in [6.07, 6.45) is 2.76. The first kappa shape index (κ1) is 83.4. The minimum Gasteiger partial charge on any atom is -0.496 e. The third-order valence-electron chi connectivity index (χ3n) is 16.9. The zero-order chi connectivity index (χ0) is 78.2. The van der Waals surface area contributed by atoms with Gasteiger partial charge in [-0.2, -0.15) is 0 Å². The Balaban J connectivity index is 0.000000220. The molecule has 0 fully saturated rings. The van der Waals surface area contributed by atoms with Crippen molar-refractivity contribution in [3.8, 4) is 11.5 Å². The van der Waals surface area contributed by atoms with Crippen molar-refractivity contribution in [2.45, 2.75) is 187 Å². The van der Waals surface area contributed by atoms with Gasteiger partial charge in [-0.3, -0.25) is 60.1 Å². The largest absolute Gasteiger partial charge is 0.496 e. The molecule has 0 aromatic heterocycles. The van der Waals surface area contributed by atoms with Crippen LogP contribution in [0.25, 0.3) is 0 Å². The number of hydrogen-bond donors (Lipinski definition) is 4. The van der Waals surface area contributed by atoms with Crippen LogP contribution >= 0.6 is 11.6 Å². The molecular formula is C86H105ClN8O10. The molecule has 0 saturated heterocycles. The third kappa shape index (κ3) is 23.2. The Hall–Kier alpha value is -10.6. The fraction of sp³-hybridized carbons (Fsp3) is 0.349. The molecule has 0 bridgehead atoms. The van der Waals surface area contributed by atoms with Crippen molar-refractivity contribution in [3.05, 3.63) is 269 Å². The van der Waals surface area contributed by atoms with Crippen LogP contribution in [0.15, 0.2) is 164 Å². The predicted octanol–water partition coefficient (Wildman–Crippen LogP) is 17.1. The van der Waals surface area contributed by atoms with Gasteiger partial charge in [-0.1, -0.05) is 107 Å². The van der Waals surface area contributed by atoms with Crippen LogP contribution in [0.2, 0.25) is 5.02 Å². The minimum absolute atomic E-state index is 0.220. The zero-order valence-electron chi connectivity index (χ0n) is 65.2. The van der Waals surface area contributed by atoms with Gasteiger partial charge >= 0.3 is 0 Å². The number of carbonyl (C=O) groups is 8. The number of amides is 8. The van der Waals surface area contributed by atoms with E-state index in [-0.39, 0.29) is 47.3 Å². The predicted molar refractivity (Wildman–Crippen MR) is 418 cm³/mol. The van der Waals surface area contributed by atoms with Gasteiger partial charge in [0.2, 0.25) is 0 Å². The average molecular weight is 1450 g/mol. The molecule has 0 radical (unpaired) electrons. The summed E-state index contributed by atoms with van der Waals surface area (Å²) in [6.45, 7) is 40.9. The highest BCUT2D eigenvalue weighted by Crippen LogP contribution is 2.31. The normalized spacial score (nSPS) is 11.7. The maximum Gasteiger partial charge on any atom is 0.272 e. The molecule has 8 aromatic rings. The first-order valence-corrected chi connectivity index (χ1v) is 35.6. The molecule has 18 nitrogen and oxygen atoms in total. The van der Waals surface area contributed by atoms with Gasteiger partial charge < -0.3 is 9.47 Å². The second-order valence-corrected chi connectivity index (χ2v) is 30.8. The van der Waals surface area contributed by atoms with Crippen LogP contribution < -0.4 is 31.2 Å². The van der Waals surface area contributed by atoms with Gasteiger partial charge in [0.1, 0.15) is 11.5 Å². The Labute approximate surface area is 626 Å². The maximum absolute atomic E-state index is 13.3. The third-order valence-corrected chi connectivity index (χ3v) is 17.1. The number of rotatable bonds is 10. The molecule has 4 N–H and O–H groups in total. The van der Waals surface area contributed by atoms with E-state index in [0.29, 0.717) is 61.9 Å². The fourth-order valence-electron chi connectivity index (χ4n) is 11.6. The Kier molecular flexibility index (Phi) is 28.4. The summed E-state index contributed by atoms with van der Waals surface area (Å²) in [5.41, 5.74) is 23.0. The Morgan fingerprint density at radius 2 is 0.752 bits per heavy atom. The molecule has 0 spiro atoms. The van der Waals surface area contributed by atoms with Gasteiger partial charge in [-0.25, -0.2) is 20.0 Å². The standard InChI is InChI=1S/C24H30N2O3.C22H28N2O3.C22H28N2O2.C18H19ClN2O2/c1-15-12-16(2)14-18(13-15)23(28)26(24(4,5)6)25-22(27)20-9-10-21-19(17(20)3)8-7-11-29-21;1-14-11-15(2)13-17(12-14)21(26)24(22(4,5)6)23-20(25)18-9-8-10-19(27-7)16(18)3;1-7-17-8-10-18(11-9-17)20(25)23-24(22(4,5)6)21(26)19-13-15(2)12-16(3)14-19;1-18(2,3)21(17(23)14-7-5-4-6-8-14)20-16(22)13-9-11-15(19)12-10-13/h9-10,12-14H,7-8,11H2,1-6H3,(H,25,27);8-13H,1-7H3,(H,23,25);8-14H,7H2,1-6H3,(H,23,25);4-12H,1-3H3,(H,20,22). The maximum atomic E-state index is 13.3. The Morgan fingerprint density at radius 3 is 1.11 bits per heavy atom. The molecule has 1 heterocycles. The van der Waals surface area contributed by atoms with E-state index in [0.717, 1.165) is 75.1 Å². The summed E-state index contributed by atoms with van der Waals surface area (Å²) in [5.74, 6) is -0.762. The van der Waals surface area contributed by atoms with E-state index in [1.807, 2.05) is 217 Å². The molecule has 8 amide bonds. The lowest BCUT2D eigenvalue weighted by Crippen LogP contribution is -2.56. The number of nitrogens with one attached hydrogen (secondary N) is 4.